The average molecular weight is 315 g/mol. The summed E-state index contributed by atoms with van der Waals surface area (Å²) in [6.45, 7) is 5.70. The first-order valence-electron chi connectivity index (χ1n) is 8.38. The highest BCUT2D eigenvalue weighted by molar-refractivity contribution is 5.14. The Balaban J connectivity index is 1.75. The van der Waals surface area contributed by atoms with Gasteiger partial charge in [-0.05, 0) is 24.3 Å². The van der Waals surface area contributed by atoms with Gasteiger partial charge in [-0.3, -0.25) is 4.90 Å². The van der Waals surface area contributed by atoms with Crippen LogP contribution in [-0.2, 0) is 13.1 Å². The zero-order valence-electron chi connectivity index (χ0n) is 13.9. The van der Waals surface area contributed by atoms with Crippen LogP contribution in [0.1, 0.15) is 50.0 Å². The first kappa shape index (κ1) is 16.1. The van der Waals surface area contributed by atoms with E-state index in [0.29, 0.717) is 24.3 Å². The first-order chi connectivity index (χ1) is 11.2. The highest BCUT2D eigenvalue weighted by Gasteiger charge is 2.30. The number of aromatic nitrogens is 2. The molecular weight excluding hydrogens is 290 g/mol. The lowest BCUT2D eigenvalue weighted by atomic mass is 10.0. The average Bonchev–Trinajstić information content (AvgIpc) is 3.29. The third kappa shape index (κ3) is 4.18. The van der Waals surface area contributed by atoms with Crippen LogP contribution < -0.4 is 0 Å². The summed E-state index contributed by atoms with van der Waals surface area (Å²) in [5.41, 5.74) is 1.22. The Morgan fingerprint density at radius 3 is 2.52 bits per heavy atom. The summed E-state index contributed by atoms with van der Waals surface area (Å²) in [6.07, 6.45) is 2.31. The quantitative estimate of drug-likeness (QED) is 0.811. The third-order valence-electron chi connectivity index (χ3n) is 4.40. The zero-order chi connectivity index (χ0) is 16.2. The summed E-state index contributed by atoms with van der Waals surface area (Å²) >= 11 is 0. The van der Waals surface area contributed by atoms with Crippen LogP contribution >= 0.6 is 0 Å². The van der Waals surface area contributed by atoms with Crippen molar-refractivity contribution in [3.63, 3.8) is 0 Å². The molecule has 5 heteroatoms. The minimum absolute atomic E-state index is 0.0616. The molecule has 1 N–H and O–H groups in total. The second-order valence-corrected chi connectivity index (χ2v) is 6.69. The molecule has 1 atom stereocenters. The predicted octanol–water partition coefficient (Wildman–Crippen LogP) is 2.97. The molecule has 2 aromatic rings. The van der Waals surface area contributed by atoms with Gasteiger partial charge in [0, 0.05) is 18.5 Å². The molecule has 1 aromatic heterocycles. The minimum atomic E-state index is 0.0616. The molecule has 23 heavy (non-hydrogen) atoms. The standard InChI is InChI=1S/C18H25N3O2/c1-13(2)16(12-22)21(10-14-6-4-3-5-7-14)11-17-19-20-18(23-17)15-8-9-15/h3-7,13,15-16,22H,8-12H2,1-2H3. The summed E-state index contributed by atoms with van der Waals surface area (Å²) in [5, 5.41) is 18.2. The van der Waals surface area contributed by atoms with E-state index in [0.717, 1.165) is 25.3 Å². The van der Waals surface area contributed by atoms with E-state index in [1.54, 1.807) is 0 Å². The van der Waals surface area contributed by atoms with Gasteiger partial charge < -0.3 is 9.52 Å². The monoisotopic (exact) mass is 315 g/mol. The van der Waals surface area contributed by atoms with Gasteiger partial charge in [0.05, 0.1) is 13.2 Å². The maximum atomic E-state index is 9.82. The summed E-state index contributed by atoms with van der Waals surface area (Å²) < 4.78 is 5.80. The van der Waals surface area contributed by atoms with E-state index in [2.05, 4.69) is 41.1 Å². The third-order valence-corrected chi connectivity index (χ3v) is 4.40. The molecule has 5 nitrogen and oxygen atoms in total. The lowest BCUT2D eigenvalue weighted by Gasteiger charge is -2.32. The van der Waals surface area contributed by atoms with Gasteiger partial charge in [0.15, 0.2) is 0 Å². The Kier molecular flexibility index (Phi) is 5.08. The maximum absolute atomic E-state index is 9.82. The summed E-state index contributed by atoms with van der Waals surface area (Å²) in [4.78, 5) is 2.23. The van der Waals surface area contributed by atoms with Gasteiger partial charge in [0.25, 0.3) is 0 Å². The number of hydrogen-bond donors (Lipinski definition) is 1. The molecule has 1 unspecified atom stereocenters. The number of nitrogens with zero attached hydrogens (tertiary/aromatic N) is 3. The fourth-order valence-corrected chi connectivity index (χ4v) is 2.86. The van der Waals surface area contributed by atoms with Crippen molar-refractivity contribution in [2.45, 2.75) is 51.7 Å². The molecule has 3 rings (SSSR count). The molecule has 1 aliphatic carbocycles. The van der Waals surface area contributed by atoms with Gasteiger partial charge in [-0.2, -0.15) is 0 Å². The van der Waals surface area contributed by atoms with E-state index in [1.165, 1.54) is 5.56 Å². The summed E-state index contributed by atoms with van der Waals surface area (Å²) in [7, 11) is 0. The van der Waals surface area contributed by atoms with Crippen molar-refractivity contribution in [3.8, 4) is 0 Å². The summed E-state index contributed by atoms with van der Waals surface area (Å²) in [5.74, 6) is 2.22. The maximum Gasteiger partial charge on any atom is 0.230 e. The van der Waals surface area contributed by atoms with Crippen LogP contribution in [0.3, 0.4) is 0 Å². The number of aliphatic hydroxyl groups is 1. The van der Waals surface area contributed by atoms with Crippen LogP contribution in [0.15, 0.2) is 34.7 Å². The topological polar surface area (TPSA) is 62.4 Å². The number of rotatable bonds is 8. The van der Waals surface area contributed by atoms with E-state index < -0.39 is 0 Å². The SMILES string of the molecule is CC(C)C(CO)N(Cc1ccccc1)Cc1nnc(C2CC2)o1. The van der Waals surface area contributed by atoms with Crippen molar-refractivity contribution >= 4 is 0 Å². The van der Waals surface area contributed by atoms with Crippen molar-refractivity contribution in [1.29, 1.82) is 0 Å². The van der Waals surface area contributed by atoms with Crippen LogP contribution in [0.5, 0.6) is 0 Å². The Morgan fingerprint density at radius 1 is 1.17 bits per heavy atom. The number of aliphatic hydroxyl groups excluding tert-OH is 1. The first-order valence-corrected chi connectivity index (χ1v) is 8.38. The van der Waals surface area contributed by atoms with Crippen molar-refractivity contribution in [3.05, 3.63) is 47.7 Å². The van der Waals surface area contributed by atoms with Crippen LogP contribution in [0, 0.1) is 5.92 Å². The van der Waals surface area contributed by atoms with Gasteiger partial charge in [-0.25, -0.2) is 0 Å². The molecule has 1 heterocycles. The minimum Gasteiger partial charge on any atom is -0.424 e. The van der Waals surface area contributed by atoms with Gasteiger partial charge in [0.2, 0.25) is 11.8 Å². The second-order valence-electron chi connectivity index (χ2n) is 6.69. The largest absolute Gasteiger partial charge is 0.424 e. The Hall–Kier alpha value is -1.72. The number of hydrogen-bond acceptors (Lipinski definition) is 5. The van der Waals surface area contributed by atoms with Crippen LogP contribution in [0.4, 0.5) is 0 Å². The van der Waals surface area contributed by atoms with Crippen LogP contribution in [0.2, 0.25) is 0 Å². The molecule has 0 amide bonds. The molecule has 0 bridgehead atoms. The van der Waals surface area contributed by atoms with Gasteiger partial charge >= 0.3 is 0 Å². The molecule has 0 spiro atoms. The molecule has 1 aliphatic rings. The van der Waals surface area contributed by atoms with Crippen molar-refractivity contribution < 1.29 is 9.52 Å². The zero-order valence-corrected chi connectivity index (χ0v) is 13.9. The molecule has 1 saturated carbocycles. The van der Waals surface area contributed by atoms with E-state index >= 15 is 0 Å². The molecule has 1 fully saturated rings. The lowest BCUT2D eigenvalue weighted by molar-refractivity contribution is 0.0710. The molecule has 0 saturated heterocycles. The molecule has 0 radical (unpaired) electrons. The normalized spacial score (nSPS) is 16.2. The molecule has 124 valence electrons. The molecule has 0 aliphatic heterocycles. The van der Waals surface area contributed by atoms with E-state index in [4.69, 9.17) is 4.42 Å². The Bertz CT molecular complexity index is 608. The fraction of sp³-hybridized carbons (Fsp3) is 0.556. The molecule has 1 aromatic carbocycles. The smallest absolute Gasteiger partial charge is 0.230 e. The number of benzene rings is 1. The predicted molar refractivity (Wildman–Crippen MR) is 87.7 cm³/mol. The van der Waals surface area contributed by atoms with Crippen molar-refractivity contribution in [2.75, 3.05) is 6.61 Å². The Morgan fingerprint density at radius 2 is 1.91 bits per heavy atom. The van der Waals surface area contributed by atoms with E-state index in [-0.39, 0.29) is 12.6 Å². The van der Waals surface area contributed by atoms with Gasteiger partial charge in [0.1, 0.15) is 0 Å². The van der Waals surface area contributed by atoms with E-state index in [1.807, 2.05) is 18.2 Å². The van der Waals surface area contributed by atoms with Crippen LogP contribution in [-0.4, -0.2) is 32.9 Å². The highest BCUT2D eigenvalue weighted by atomic mass is 16.4. The van der Waals surface area contributed by atoms with Gasteiger partial charge in [-0.1, -0.05) is 44.2 Å². The van der Waals surface area contributed by atoms with E-state index in [9.17, 15) is 5.11 Å². The highest BCUT2D eigenvalue weighted by Crippen LogP contribution is 2.39. The fourth-order valence-electron chi connectivity index (χ4n) is 2.86. The lowest BCUT2D eigenvalue weighted by Crippen LogP contribution is -2.40. The summed E-state index contributed by atoms with van der Waals surface area (Å²) in [6, 6.07) is 10.4. The van der Waals surface area contributed by atoms with Crippen molar-refractivity contribution in [1.82, 2.24) is 15.1 Å². The molecular formula is C18H25N3O2. The Labute approximate surface area is 137 Å². The van der Waals surface area contributed by atoms with Crippen molar-refractivity contribution in [2.24, 2.45) is 5.92 Å². The van der Waals surface area contributed by atoms with Crippen LogP contribution in [0.25, 0.3) is 0 Å². The van der Waals surface area contributed by atoms with Gasteiger partial charge in [-0.15, -0.1) is 10.2 Å². The second kappa shape index (κ2) is 7.23.